The van der Waals surface area contributed by atoms with Crippen molar-refractivity contribution in [2.24, 2.45) is 5.73 Å². The number of hydrogen-bond donors (Lipinski definition) is 1. The Balaban J connectivity index is 2.36. The van der Waals surface area contributed by atoms with E-state index in [1.165, 1.54) is 16.8 Å². The average molecular weight is 275 g/mol. The third kappa shape index (κ3) is 2.83. The summed E-state index contributed by atoms with van der Waals surface area (Å²) >= 11 is 0. The first kappa shape index (κ1) is 14.1. The van der Waals surface area contributed by atoms with E-state index < -0.39 is 4.92 Å². The fourth-order valence-corrected chi connectivity index (χ4v) is 1.98. The highest BCUT2D eigenvalue weighted by Crippen LogP contribution is 2.21. The van der Waals surface area contributed by atoms with E-state index in [1.54, 1.807) is 12.3 Å². The Morgan fingerprint density at radius 2 is 2.25 bits per heavy atom. The zero-order chi connectivity index (χ0) is 14.7. The van der Waals surface area contributed by atoms with E-state index in [0.717, 1.165) is 18.4 Å². The molecule has 0 spiro atoms. The van der Waals surface area contributed by atoms with Gasteiger partial charge in [0, 0.05) is 12.1 Å². The molecule has 7 heteroatoms. The summed E-state index contributed by atoms with van der Waals surface area (Å²) in [6.07, 6.45) is 3.52. The first-order chi connectivity index (χ1) is 9.52. The highest BCUT2D eigenvalue weighted by molar-refractivity contribution is 5.48. The first-order valence-corrected chi connectivity index (χ1v) is 6.46. The summed E-state index contributed by atoms with van der Waals surface area (Å²) in [6.45, 7) is 3.92. The molecule has 2 aromatic rings. The van der Waals surface area contributed by atoms with Crippen LogP contribution in [0, 0.1) is 17.0 Å². The van der Waals surface area contributed by atoms with Crippen molar-refractivity contribution in [3.8, 4) is 5.69 Å². The summed E-state index contributed by atoms with van der Waals surface area (Å²) in [6, 6.07) is 4.49. The van der Waals surface area contributed by atoms with Crippen LogP contribution in [0.1, 0.15) is 37.1 Å². The number of hydrogen-bond acceptors (Lipinski definition) is 5. The molecule has 0 aliphatic rings. The van der Waals surface area contributed by atoms with E-state index in [-0.39, 0.29) is 11.7 Å². The lowest BCUT2D eigenvalue weighted by Gasteiger charge is -2.06. The van der Waals surface area contributed by atoms with Crippen LogP contribution >= 0.6 is 0 Å². The van der Waals surface area contributed by atoms with Gasteiger partial charge in [-0.25, -0.2) is 4.68 Å². The smallest absolute Gasteiger partial charge is 0.271 e. The van der Waals surface area contributed by atoms with Gasteiger partial charge < -0.3 is 5.73 Å². The van der Waals surface area contributed by atoms with Crippen molar-refractivity contribution >= 4 is 5.69 Å². The number of aryl methyl sites for hydroxylation is 1. The van der Waals surface area contributed by atoms with Crippen LogP contribution in [0.15, 0.2) is 24.4 Å². The normalized spacial score (nSPS) is 12.3. The second-order valence-electron chi connectivity index (χ2n) is 4.71. The van der Waals surface area contributed by atoms with E-state index >= 15 is 0 Å². The summed E-state index contributed by atoms with van der Waals surface area (Å²) in [5, 5.41) is 18.9. The lowest BCUT2D eigenvalue weighted by molar-refractivity contribution is -0.384. The second-order valence-corrected chi connectivity index (χ2v) is 4.71. The Bertz CT molecular complexity index is 623. The number of rotatable bonds is 5. The third-order valence-electron chi connectivity index (χ3n) is 3.14. The Morgan fingerprint density at radius 3 is 2.90 bits per heavy atom. The van der Waals surface area contributed by atoms with Gasteiger partial charge in [-0.15, -0.1) is 5.10 Å². The summed E-state index contributed by atoms with van der Waals surface area (Å²) < 4.78 is 1.53. The summed E-state index contributed by atoms with van der Waals surface area (Å²) in [5.41, 5.74) is 8.24. The monoisotopic (exact) mass is 275 g/mol. The van der Waals surface area contributed by atoms with Crippen LogP contribution < -0.4 is 5.73 Å². The number of benzene rings is 1. The third-order valence-corrected chi connectivity index (χ3v) is 3.14. The number of nitro groups is 1. The number of nitro benzene ring substituents is 1. The maximum Gasteiger partial charge on any atom is 0.271 e. The van der Waals surface area contributed by atoms with Gasteiger partial charge in [0.1, 0.15) is 0 Å². The molecule has 7 nitrogen and oxygen atoms in total. The van der Waals surface area contributed by atoms with Crippen molar-refractivity contribution < 1.29 is 4.92 Å². The van der Waals surface area contributed by atoms with Gasteiger partial charge in [0.25, 0.3) is 5.69 Å². The van der Waals surface area contributed by atoms with Gasteiger partial charge in [0.05, 0.1) is 28.5 Å². The van der Waals surface area contributed by atoms with Gasteiger partial charge in [-0.2, -0.15) is 0 Å². The van der Waals surface area contributed by atoms with E-state index in [4.69, 9.17) is 5.73 Å². The molecule has 0 aliphatic carbocycles. The number of non-ortho nitro benzene ring substituents is 1. The molecule has 0 saturated heterocycles. The van der Waals surface area contributed by atoms with E-state index in [1.807, 2.05) is 6.92 Å². The van der Waals surface area contributed by atoms with Gasteiger partial charge in [0.15, 0.2) is 0 Å². The quantitative estimate of drug-likeness (QED) is 0.666. The molecule has 2 N–H and O–H groups in total. The molecule has 1 atom stereocenters. The van der Waals surface area contributed by atoms with Crippen molar-refractivity contribution in [2.75, 3.05) is 0 Å². The van der Waals surface area contributed by atoms with Crippen molar-refractivity contribution in [3.63, 3.8) is 0 Å². The Hall–Kier alpha value is -2.28. The largest absolute Gasteiger partial charge is 0.323 e. The van der Waals surface area contributed by atoms with Crippen LogP contribution in [0.4, 0.5) is 5.69 Å². The molecule has 0 saturated carbocycles. The molecule has 1 aromatic heterocycles. The van der Waals surface area contributed by atoms with Crippen molar-refractivity contribution in [2.45, 2.75) is 32.7 Å². The van der Waals surface area contributed by atoms with Gasteiger partial charge in [-0.05, 0) is 18.9 Å². The zero-order valence-electron chi connectivity index (χ0n) is 11.5. The van der Waals surface area contributed by atoms with E-state index in [9.17, 15) is 10.1 Å². The lowest BCUT2D eigenvalue weighted by atomic mass is 10.1. The summed E-state index contributed by atoms with van der Waals surface area (Å²) in [4.78, 5) is 10.4. The number of nitrogens with zero attached hydrogens (tertiary/aromatic N) is 4. The predicted molar refractivity (Wildman–Crippen MR) is 74.6 cm³/mol. The standard InChI is InChI=1S/C13H17N5O2/c1-3-4-11(14)12-8-17(16-15-12)13-7-10(18(19)20)6-5-9(13)2/h5-8,11H,3-4,14H2,1-2H3. The first-order valence-electron chi connectivity index (χ1n) is 6.46. The molecule has 1 heterocycles. The van der Waals surface area contributed by atoms with Crippen LogP contribution in [-0.2, 0) is 0 Å². The summed E-state index contributed by atoms with van der Waals surface area (Å²) in [7, 11) is 0. The van der Waals surface area contributed by atoms with Crippen molar-refractivity contribution in [1.29, 1.82) is 0 Å². The zero-order valence-corrected chi connectivity index (χ0v) is 11.5. The SMILES string of the molecule is CCCC(N)c1cn(-c2cc([N+](=O)[O-])ccc2C)nn1. The van der Waals surface area contributed by atoms with E-state index in [0.29, 0.717) is 11.4 Å². The Kier molecular flexibility index (Phi) is 4.09. The molecule has 1 aromatic carbocycles. The van der Waals surface area contributed by atoms with Crippen LogP contribution in [0.3, 0.4) is 0 Å². The van der Waals surface area contributed by atoms with Gasteiger partial charge in [-0.1, -0.05) is 24.6 Å². The molecule has 2 rings (SSSR count). The van der Waals surface area contributed by atoms with Crippen molar-refractivity contribution in [1.82, 2.24) is 15.0 Å². The molecule has 0 amide bonds. The highest BCUT2D eigenvalue weighted by atomic mass is 16.6. The molecule has 20 heavy (non-hydrogen) atoms. The minimum Gasteiger partial charge on any atom is -0.323 e. The molecule has 0 radical (unpaired) electrons. The minimum absolute atomic E-state index is 0.0282. The maximum absolute atomic E-state index is 10.8. The van der Waals surface area contributed by atoms with Gasteiger partial charge in [0.2, 0.25) is 0 Å². The molecular formula is C13H17N5O2. The average Bonchev–Trinajstić information content (AvgIpc) is 2.88. The van der Waals surface area contributed by atoms with Crippen LogP contribution in [0.2, 0.25) is 0 Å². The molecule has 1 unspecified atom stereocenters. The molecule has 0 bridgehead atoms. The Labute approximate surface area is 116 Å². The minimum atomic E-state index is -0.427. The van der Waals surface area contributed by atoms with Gasteiger partial charge in [-0.3, -0.25) is 10.1 Å². The van der Waals surface area contributed by atoms with Crippen LogP contribution in [0.25, 0.3) is 5.69 Å². The second kappa shape index (κ2) is 5.79. The summed E-state index contributed by atoms with van der Waals surface area (Å²) in [5.74, 6) is 0. The van der Waals surface area contributed by atoms with E-state index in [2.05, 4.69) is 17.2 Å². The van der Waals surface area contributed by atoms with Crippen LogP contribution in [-0.4, -0.2) is 19.9 Å². The molecule has 0 fully saturated rings. The fraction of sp³-hybridized carbons (Fsp3) is 0.385. The number of nitrogens with two attached hydrogens (primary N) is 1. The van der Waals surface area contributed by atoms with Crippen molar-refractivity contribution in [3.05, 3.63) is 45.8 Å². The number of aromatic nitrogens is 3. The molecular weight excluding hydrogens is 258 g/mol. The highest BCUT2D eigenvalue weighted by Gasteiger charge is 2.14. The maximum atomic E-state index is 10.8. The lowest BCUT2D eigenvalue weighted by Crippen LogP contribution is -2.10. The topological polar surface area (TPSA) is 99.9 Å². The fourth-order valence-electron chi connectivity index (χ4n) is 1.98. The molecule has 106 valence electrons. The van der Waals surface area contributed by atoms with Gasteiger partial charge >= 0.3 is 0 Å². The predicted octanol–water partition coefficient (Wildman–Crippen LogP) is 2.28. The van der Waals surface area contributed by atoms with Crippen LogP contribution in [0.5, 0.6) is 0 Å². The molecule has 0 aliphatic heterocycles. The Morgan fingerprint density at radius 1 is 1.50 bits per heavy atom.